The molecular weight excluding hydrogens is 252 g/mol. The summed E-state index contributed by atoms with van der Waals surface area (Å²) < 4.78 is 5.80. The van der Waals surface area contributed by atoms with E-state index in [0.717, 1.165) is 38.7 Å². The van der Waals surface area contributed by atoms with Crippen molar-refractivity contribution in [2.24, 2.45) is 10.4 Å². The lowest BCUT2D eigenvalue weighted by Gasteiger charge is -2.38. The van der Waals surface area contributed by atoms with E-state index >= 15 is 0 Å². The first kappa shape index (κ1) is 14.1. The molecule has 0 amide bonds. The number of hydrogen-bond donors (Lipinski definition) is 1. The third kappa shape index (κ3) is 2.93. The first-order valence-corrected chi connectivity index (χ1v) is 7.97. The maximum absolute atomic E-state index is 5.80. The van der Waals surface area contributed by atoms with Crippen molar-refractivity contribution in [3.63, 3.8) is 0 Å². The molecule has 5 nitrogen and oxygen atoms in total. The number of nitrogens with zero attached hydrogens (tertiary/aromatic N) is 3. The van der Waals surface area contributed by atoms with Crippen molar-refractivity contribution in [3.8, 4) is 0 Å². The molecule has 0 aromatic heterocycles. The Balaban J connectivity index is 1.48. The van der Waals surface area contributed by atoms with Gasteiger partial charge in [-0.1, -0.05) is 6.42 Å². The molecule has 2 saturated heterocycles. The molecule has 0 aromatic carbocycles. The summed E-state index contributed by atoms with van der Waals surface area (Å²) in [6, 6.07) is 0. The first-order valence-electron chi connectivity index (χ1n) is 7.97. The Kier molecular flexibility index (Phi) is 4.17. The number of guanidine groups is 1. The van der Waals surface area contributed by atoms with E-state index in [1.807, 2.05) is 7.05 Å². The van der Waals surface area contributed by atoms with Gasteiger partial charge in [-0.05, 0) is 31.7 Å². The number of likely N-dealkylation sites (N-methyl/N-ethyl adjacent to an activating group) is 1. The minimum Gasteiger partial charge on any atom is -0.374 e. The summed E-state index contributed by atoms with van der Waals surface area (Å²) in [5.74, 6) is 1.06. The number of likely N-dealkylation sites (tertiary alicyclic amines) is 1. The highest BCUT2D eigenvalue weighted by molar-refractivity contribution is 5.80. The molecule has 114 valence electrons. The van der Waals surface area contributed by atoms with Gasteiger partial charge in [-0.2, -0.15) is 0 Å². The monoisotopic (exact) mass is 280 g/mol. The Morgan fingerprint density at radius 2 is 2.20 bits per heavy atom. The summed E-state index contributed by atoms with van der Waals surface area (Å²) in [5.41, 5.74) is 0.624. The largest absolute Gasteiger partial charge is 0.374 e. The Bertz CT molecular complexity index is 367. The third-order valence-corrected chi connectivity index (χ3v) is 5.19. The topological polar surface area (TPSA) is 40.1 Å². The number of ether oxygens (including phenoxy) is 1. The van der Waals surface area contributed by atoms with Crippen LogP contribution in [0.5, 0.6) is 0 Å². The number of hydrogen-bond acceptors (Lipinski definition) is 3. The Hall–Kier alpha value is -0.810. The van der Waals surface area contributed by atoms with E-state index < -0.39 is 0 Å². The lowest BCUT2D eigenvalue weighted by molar-refractivity contribution is -0.0163. The van der Waals surface area contributed by atoms with E-state index in [9.17, 15) is 0 Å². The van der Waals surface area contributed by atoms with Crippen LogP contribution >= 0.6 is 0 Å². The van der Waals surface area contributed by atoms with Gasteiger partial charge in [0, 0.05) is 39.8 Å². The molecule has 1 atom stereocenters. The van der Waals surface area contributed by atoms with E-state index in [0.29, 0.717) is 5.41 Å². The molecule has 5 heteroatoms. The van der Waals surface area contributed by atoms with Crippen LogP contribution in [0, 0.1) is 5.41 Å². The number of morpholine rings is 1. The van der Waals surface area contributed by atoms with Crippen molar-refractivity contribution >= 4 is 5.96 Å². The highest BCUT2D eigenvalue weighted by Crippen LogP contribution is 2.47. The molecule has 20 heavy (non-hydrogen) atoms. The number of rotatable bonds is 2. The van der Waals surface area contributed by atoms with Crippen LogP contribution in [0.4, 0.5) is 0 Å². The van der Waals surface area contributed by atoms with Crippen LogP contribution < -0.4 is 5.32 Å². The van der Waals surface area contributed by atoms with Gasteiger partial charge in [0.25, 0.3) is 0 Å². The summed E-state index contributed by atoms with van der Waals surface area (Å²) in [6.45, 7) is 6.10. The van der Waals surface area contributed by atoms with Crippen LogP contribution in [0.15, 0.2) is 4.99 Å². The van der Waals surface area contributed by atoms with E-state index in [-0.39, 0.29) is 6.10 Å². The molecular formula is C15H28N4O. The zero-order valence-electron chi connectivity index (χ0n) is 12.9. The standard InChI is InChI=1S/C15H28N4O/c1-16-14(17-10-13-11-18(2)8-9-20-13)19-7-6-15(12-19)4-3-5-15/h13H,3-12H2,1-2H3,(H,16,17). The smallest absolute Gasteiger partial charge is 0.193 e. The Morgan fingerprint density at radius 3 is 2.80 bits per heavy atom. The van der Waals surface area contributed by atoms with Gasteiger partial charge in [0.15, 0.2) is 5.96 Å². The average Bonchev–Trinajstić information content (AvgIpc) is 2.85. The lowest BCUT2D eigenvalue weighted by Crippen LogP contribution is -2.49. The first-order chi connectivity index (χ1) is 9.71. The molecule has 1 N–H and O–H groups in total. The second-order valence-corrected chi connectivity index (χ2v) is 6.71. The highest BCUT2D eigenvalue weighted by atomic mass is 16.5. The molecule has 0 aromatic rings. The van der Waals surface area contributed by atoms with Crippen LogP contribution in [0.1, 0.15) is 25.7 Å². The number of nitrogens with one attached hydrogen (secondary N) is 1. The molecule has 1 unspecified atom stereocenters. The van der Waals surface area contributed by atoms with Crippen LogP contribution in [0.3, 0.4) is 0 Å². The quantitative estimate of drug-likeness (QED) is 0.599. The van der Waals surface area contributed by atoms with Gasteiger partial charge in [-0.15, -0.1) is 0 Å². The normalized spacial score (nSPS) is 30.6. The van der Waals surface area contributed by atoms with Crippen LogP contribution in [-0.2, 0) is 4.74 Å². The Labute approximate surface area is 122 Å². The molecule has 3 rings (SSSR count). The zero-order valence-corrected chi connectivity index (χ0v) is 12.9. The summed E-state index contributed by atoms with van der Waals surface area (Å²) in [4.78, 5) is 9.23. The predicted octanol–water partition coefficient (Wildman–Crippen LogP) is 0.768. The van der Waals surface area contributed by atoms with Crippen LogP contribution in [0.25, 0.3) is 0 Å². The van der Waals surface area contributed by atoms with Gasteiger partial charge in [-0.25, -0.2) is 0 Å². The fourth-order valence-electron chi connectivity index (χ4n) is 3.73. The minimum absolute atomic E-state index is 0.283. The molecule has 0 radical (unpaired) electrons. The van der Waals surface area contributed by atoms with Crippen molar-refractivity contribution in [2.75, 3.05) is 53.4 Å². The maximum atomic E-state index is 5.80. The molecule has 3 fully saturated rings. The minimum atomic E-state index is 0.283. The number of aliphatic imine (C=N–C) groups is 1. The predicted molar refractivity (Wildman–Crippen MR) is 81.1 cm³/mol. The molecule has 0 bridgehead atoms. The van der Waals surface area contributed by atoms with Crippen LogP contribution in [0.2, 0.25) is 0 Å². The lowest BCUT2D eigenvalue weighted by atomic mass is 9.68. The summed E-state index contributed by atoms with van der Waals surface area (Å²) >= 11 is 0. The molecule has 1 aliphatic carbocycles. The van der Waals surface area contributed by atoms with Crippen LogP contribution in [-0.4, -0.2) is 75.3 Å². The maximum Gasteiger partial charge on any atom is 0.193 e. The zero-order chi connectivity index (χ0) is 14.0. The van der Waals surface area contributed by atoms with E-state index in [1.54, 1.807) is 0 Å². The highest BCUT2D eigenvalue weighted by Gasteiger charge is 2.43. The second kappa shape index (κ2) is 5.90. The average molecular weight is 280 g/mol. The van der Waals surface area contributed by atoms with Gasteiger partial charge in [0.2, 0.25) is 0 Å². The van der Waals surface area contributed by atoms with Gasteiger partial charge in [0.1, 0.15) is 0 Å². The van der Waals surface area contributed by atoms with E-state index in [4.69, 9.17) is 4.74 Å². The second-order valence-electron chi connectivity index (χ2n) is 6.71. The summed E-state index contributed by atoms with van der Waals surface area (Å²) in [6.07, 6.45) is 5.87. The third-order valence-electron chi connectivity index (χ3n) is 5.19. The van der Waals surface area contributed by atoms with Crippen molar-refractivity contribution < 1.29 is 4.74 Å². The van der Waals surface area contributed by atoms with Crippen molar-refractivity contribution in [2.45, 2.75) is 31.8 Å². The summed E-state index contributed by atoms with van der Waals surface area (Å²) in [5, 5.41) is 3.51. The molecule has 3 aliphatic rings. The molecule has 1 spiro atoms. The van der Waals surface area contributed by atoms with Crippen molar-refractivity contribution in [1.82, 2.24) is 15.1 Å². The molecule has 2 heterocycles. The van der Waals surface area contributed by atoms with E-state index in [2.05, 4.69) is 27.2 Å². The molecule has 1 saturated carbocycles. The van der Waals surface area contributed by atoms with Crippen molar-refractivity contribution in [3.05, 3.63) is 0 Å². The van der Waals surface area contributed by atoms with Gasteiger partial charge in [0.05, 0.1) is 12.7 Å². The van der Waals surface area contributed by atoms with Gasteiger partial charge in [-0.3, -0.25) is 4.99 Å². The van der Waals surface area contributed by atoms with Gasteiger partial charge >= 0.3 is 0 Å². The summed E-state index contributed by atoms with van der Waals surface area (Å²) in [7, 11) is 4.05. The van der Waals surface area contributed by atoms with Crippen molar-refractivity contribution in [1.29, 1.82) is 0 Å². The SMILES string of the molecule is CN=C(NCC1CN(C)CCO1)N1CCC2(CCC2)C1. The van der Waals surface area contributed by atoms with E-state index in [1.165, 1.54) is 32.2 Å². The fourth-order valence-corrected chi connectivity index (χ4v) is 3.73. The Morgan fingerprint density at radius 1 is 1.35 bits per heavy atom. The molecule has 2 aliphatic heterocycles. The fraction of sp³-hybridized carbons (Fsp3) is 0.933. The van der Waals surface area contributed by atoms with Gasteiger partial charge < -0.3 is 19.9 Å².